The molecule has 0 aromatic heterocycles. The second-order valence-electron chi connectivity index (χ2n) is 8.24. The minimum Gasteiger partial charge on any atom is -0.493 e. The van der Waals surface area contributed by atoms with Crippen molar-refractivity contribution in [2.24, 2.45) is 0 Å². The molecule has 2 rings (SSSR count). The van der Waals surface area contributed by atoms with Crippen LogP contribution in [0.4, 0.5) is 0 Å². The number of rotatable bonds is 13. The van der Waals surface area contributed by atoms with Gasteiger partial charge in [-0.15, -0.1) is 0 Å². The molecule has 2 aromatic rings. The van der Waals surface area contributed by atoms with E-state index in [1.165, 1.54) is 12.7 Å². The van der Waals surface area contributed by atoms with E-state index < -0.39 is 5.41 Å². The standard InChI is InChI=1S/C26H37NO6/c1-26(25(28)33-7,20-10-12-22(30-4)24(18-20)32-6)14-8-15-27(2)16-13-19-9-11-21(29-3)23(17-19)31-5/h9-12,17-18H,8,13-16H2,1-7H3. The lowest BCUT2D eigenvalue weighted by molar-refractivity contribution is -0.147. The van der Waals surface area contributed by atoms with E-state index in [-0.39, 0.29) is 5.97 Å². The Bertz CT molecular complexity index is 916. The summed E-state index contributed by atoms with van der Waals surface area (Å²) in [5.41, 5.74) is 1.25. The zero-order valence-electron chi connectivity index (χ0n) is 20.9. The number of carbonyl (C=O) groups excluding carboxylic acids is 1. The number of ether oxygens (including phenoxy) is 5. The molecule has 182 valence electrons. The smallest absolute Gasteiger partial charge is 0.315 e. The van der Waals surface area contributed by atoms with E-state index in [1.807, 2.05) is 37.3 Å². The first kappa shape index (κ1) is 26.3. The third-order valence-electron chi connectivity index (χ3n) is 6.10. The largest absolute Gasteiger partial charge is 0.493 e. The monoisotopic (exact) mass is 459 g/mol. The van der Waals surface area contributed by atoms with E-state index in [1.54, 1.807) is 28.4 Å². The number of methoxy groups -OCH3 is 5. The molecule has 0 heterocycles. The van der Waals surface area contributed by atoms with Crippen LogP contribution in [0.15, 0.2) is 36.4 Å². The number of hydrogen-bond donors (Lipinski definition) is 0. The molecule has 33 heavy (non-hydrogen) atoms. The molecule has 0 aliphatic heterocycles. The van der Waals surface area contributed by atoms with Gasteiger partial charge in [-0.3, -0.25) is 4.79 Å². The number of nitrogens with zero attached hydrogens (tertiary/aromatic N) is 1. The molecule has 0 saturated carbocycles. The van der Waals surface area contributed by atoms with Crippen molar-refractivity contribution in [1.29, 1.82) is 0 Å². The minimum atomic E-state index is -0.779. The third kappa shape index (κ3) is 6.54. The Balaban J connectivity index is 2.00. The average molecular weight is 460 g/mol. The van der Waals surface area contributed by atoms with Crippen LogP contribution in [0.1, 0.15) is 30.9 Å². The molecule has 1 unspecified atom stereocenters. The number of likely N-dealkylation sites (N-methyl/N-ethyl adjacent to an activating group) is 1. The maximum Gasteiger partial charge on any atom is 0.315 e. The van der Waals surface area contributed by atoms with Crippen LogP contribution in [-0.4, -0.2) is 66.6 Å². The first-order valence-electron chi connectivity index (χ1n) is 11.0. The summed E-state index contributed by atoms with van der Waals surface area (Å²) in [7, 11) is 9.97. The fraction of sp³-hybridized carbons (Fsp3) is 0.500. The zero-order valence-corrected chi connectivity index (χ0v) is 20.9. The van der Waals surface area contributed by atoms with Gasteiger partial charge in [0.25, 0.3) is 0 Å². The maximum absolute atomic E-state index is 12.8. The fourth-order valence-electron chi connectivity index (χ4n) is 3.94. The van der Waals surface area contributed by atoms with Crippen LogP contribution in [0.2, 0.25) is 0 Å². The summed E-state index contributed by atoms with van der Waals surface area (Å²) < 4.78 is 26.6. The van der Waals surface area contributed by atoms with Gasteiger partial charge in [-0.2, -0.15) is 0 Å². The Hall–Kier alpha value is -2.93. The van der Waals surface area contributed by atoms with Crippen LogP contribution in [0, 0.1) is 0 Å². The van der Waals surface area contributed by atoms with Crippen molar-refractivity contribution in [3.63, 3.8) is 0 Å². The van der Waals surface area contributed by atoms with Crippen LogP contribution >= 0.6 is 0 Å². The van der Waals surface area contributed by atoms with Crippen molar-refractivity contribution < 1.29 is 28.5 Å². The van der Waals surface area contributed by atoms with E-state index in [4.69, 9.17) is 23.7 Å². The van der Waals surface area contributed by atoms with E-state index in [0.29, 0.717) is 17.9 Å². The summed E-state index contributed by atoms with van der Waals surface area (Å²) in [6.45, 7) is 3.66. The van der Waals surface area contributed by atoms with Crippen LogP contribution in [0.25, 0.3) is 0 Å². The predicted molar refractivity (Wildman–Crippen MR) is 129 cm³/mol. The van der Waals surface area contributed by atoms with Crippen LogP contribution in [0.5, 0.6) is 23.0 Å². The highest BCUT2D eigenvalue weighted by atomic mass is 16.5. The highest BCUT2D eigenvalue weighted by molar-refractivity contribution is 5.83. The van der Waals surface area contributed by atoms with Gasteiger partial charge in [0.2, 0.25) is 0 Å². The average Bonchev–Trinajstić information content (AvgIpc) is 2.85. The Morgan fingerprint density at radius 3 is 1.97 bits per heavy atom. The van der Waals surface area contributed by atoms with Crippen molar-refractivity contribution >= 4 is 5.97 Å². The van der Waals surface area contributed by atoms with E-state index in [9.17, 15) is 4.79 Å². The molecule has 0 amide bonds. The second-order valence-corrected chi connectivity index (χ2v) is 8.24. The van der Waals surface area contributed by atoms with Crippen LogP contribution < -0.4 is 18.9 Å². The van der Waals surface area contributed by atoms with Crippen molar-refractivity contribution in [3.8, 4) is 23.0 Å². The van der Waals surface area contributed by atoms with E-state index in [0.717, 1.165) is 43.0 Å². The lowest BCUT2D eigenvalue weighted by atomic mass is 9.78. The fourth-order valence-corrected chi connectivity index (χ4v) is 3.94. The van der Waals surface area contributed by atoms with Crippen molar-refractivity contribution in [2.45, 2.75) is 31.6 Å². The summed E-state index contributed by atoms with van der Waals surface area (Å²) in [6, 6.07) is 11.6. The number of hydrogen-bond acceptors (Lipinski definition) is 7. The third-order valence-corrected chi connectivity index (χ3v) is 6.10. The molecule has 0 bridgehead atoms. The molecule has 0 N–H and O–H groups in total. The molecular weight excluding hydrogens is 422 g/mol. The Morgan fingerprint density at radius 1 is 0.818 bits per heavy atom. The highest BCUT2D eigenvalue weighted by Crippen LogP contribution is 2.36. The first-order chi connectivity index (χ1) is 15.8. The van der Waals surface area contributed by atoms with Crippen LogP contribution in [0.3, 0.4) is 0 Å². The molecule has 0 aliphatic rings. The molecule has 0 spiro atoms. The van der Waals surface area contributed by atoms with Gasteiger partial charge >= 0.3 is 5.97 Å². The quantitative estimate of drug-likeness (QED) is 0.418. The van der Waals surface area contributed by atoms with Gasteiger partial charge in [0.05, 0.1) is 41.0 Å². The van der Waals surface area contributed by atoms with Gasteiger partial charge < -0.3 is 28.6 Å². The number of carbonyl (C=O) groups is 1. The van der Waals surface area contributed by atoms with Gasteiger partial charge in [0.15, 0.2) is 23.0 Å². The van der Waals surface area contributed by atoms with Crippen molar-refractivity contribution in [1.82, 2.24) is 4.90 Å². The van der Waals surface area contributed by atoms with Gasteiger partial charge in [-0.25, -0.2) is 0 Å². The van der Waals surface area contributed by atoms with Crippen LogP contribution in [-0.2, 0) is 21.4 Å². The molecule has 0 saturated heterocycles. The molecule has 7 nitrogen and oxygen atoms in total. The summed E-state index contributed by atoms with van der Waals surface area (Å²) in [5.74, 6) is 2.43. The maximum atomic E-state index is 12.8. The van der Waals surface area contributed by atoms with Gasteiger partial charge in [-0.1, -0.05) is 12.1 Å². The lowest BCUT2D eigenvalue weighted by Crippen LogP contribution is -2.35. The van der Waals surface area contributed by atoms with E-state index in [2.05, 4.69) is 18.0 Å². The second kappa shape index (κ2) is 12.3. The van der Waals surface area contributed by atoms with Gasteiger partial charge in [0.1, 0.15) is 0 Å². The van der Waals surface area contributed by atoms with E-state index >= 15 is 0 Å². The molecule has 0 aliphatic carbocycles. The van der Waals surface area contributed by atoms with Gasteiger partial charge in [-0.05, 0) is 75.2 Å². The normalized spacial score (nSPS) is 12.7. The Labute approximate surface area is 197 Å². The topological polar surface area (TPSA) is 66.5 Å². The molecule has 1 atom stereocenters. The molecule has 2 aromatic carbocycles. The van der Waals surface area contributed by atoms with Crippen molar-refractivity contribution in [3.05, 3.63) is 47.5 Å². The predicted octanol–water partition coefficient (Wildman–Crippen LogP) is 4.11. The molecule has 7 heteroatoms. The summed E-state index contributed by atoms with van der Waals surface area (Å²) in [6.07, 6.45) is 2.37. The van der Waals surface area contributed by atoms with Gasteiger partial charge in [0, 0.05) is 6.54 Å². The zero-order chi connectivity index (χ0) is 24.4. The lowest BCUT2D eigenvalue weighted by Gasteiger charge is -2.29. The summed E-state index contributed by atoms with van der Waals surface area (Å²) in [4.78, 5) is 15.0. The molecule has 0 fully saturated rings. The Kier molecular flexibility index (Phi) is 9.85. The minimum absolute atomic E-state index is 0.261. The Morgan fingerprint density at radius 2 is 1.39 bits per heavy atom. The number of benzene rings is 2. The highest BCUT2D eigenvalue weighted by Gasteiger charge is 2.36. The summed E-state index contributed by atoms with van der Waals surface area (Å²) in [5, 5.41) is 0. The number of esters is 1. The molecular formula is C26H37NO6. The summed E-state index contributed by atoms with van der Waals surface area (Å²) >= 11 is 0. The first-order valence-corrected chi connectivity index (χ1v) is 11.0. The SMILES string of the molecule is COC(=O)C(C)(CCCN(C)CCc1ccc(OC)c(OC)c1)c1ccc(OC)c(OC)c1. The molecule has 0 radical (unpaired) electrons. The van der Waals surface area contributed by atoms with Crippen molar-refractivity contribution in [2.75, 3.05) is 55.7 Å².